The highest BCUT2D eigenvalue weighted by Gasteiger charge is 2.15. The molecule has 0 aliphatic carbocycles. The van der Waals surface area contributed by atoms with Gasteiger partial charge in [0, 0.05) is 17.7 Å². The summed E-state index contributed by atoms with van der Waals surface area (Å²) >= 11 is 3.10. The zero-order chi connectivity index (χ0) is 12.6. The minimum Gasteiger partial charge on any atom is -0.381 e. The van der Waals surface area contributed by atoms with Crippen molar-refractivity contribution in [3.8, 4) is 0 Å². The molecule has 1 saturated heterocycles. The Bertz CT molecular complexity index is 415. The number of halogens is 1. The molecule has 0 spiro atoms. The lowest BCUT2D eigenvalue weighted by Gasteiger charge is -2.22. The fourth-order valence-electron chi connectivity index (χ4n) is 1.50. The summed E-state index contributed by atoms with van der Waals surface area (Å²) in [7, 11) is 0. The molecule has 1 aromatic carbocycles. The first-order valence-electron chi connectivity index (χ1n) is 6.37. The predicted octanol–water partition coefficient (Wildman–Crippen LogP) is 3.34. The van der Waals surface area contributed by atoms with Crippen LogP contribution >= 0.6 is 15.9 Å². The summed E-state index contributed by atoms with van der Waals surface area (Å²) in [6, 6.07) is 0.162. The van der Waals surface area contributed by atoms with Crippen LogP contribution in [0.3, 0.4) is 0 Å². The summed E-state index contributed by atoms with van der Waals surface area (Å²) in [4.78, 5) is 0. The van der Waals surface area contributed by atoms with E-state index in [4.69, 9.17) is 10.2 Å². The molecule has 13 heavy (non-hydrogen) atoms. The lowest BCUT2D eigenvalue weighted by Crippen LogP contribution is -2.13. The van der Waals surface area contributed by atoms with Crippen LogP contribution in [0.5, 0.6) is 0 Å². The van der Waals surface area contributed by atoms with Crippen molar-refractivity contribution in [3.05, 3.63) is 34.2 Å². The second-order valence-electron chi connectivity index (χ2n) is 3.11. The zero-order valence-corrected chi connectivity index (χ0v) is 8.78. The van der Waals surface area contributed by atoms with E-state index in [1.54, 1.807) is 0 Å². The lowest BCUT2D eigenvalue weighted by molar-refractivity contribution is 0.0853. The van der Waals surface area contributed by atoms with Crippen molar-refractivity contribution in [3.63, 3.8) is 0 Å². The summed E-state index contributed by atoms with van der Waals surface area (Å²) in [5.74, 6) is 0.0741. The molecule has 0 N–H and O–H groups in total. The molecule has 0 unspecified atom stereocenters. The maximum Gasteiger partial charge on any atom is 0.0635 e. The van der Waals surface area contributed by atoms with Crippen molar-refractivity contribution in [1.82, 2.24) is 0 Å². The number of benzene rings is 1. The molecule has 70 valence electrons. The minimum absolute atomic E-state index is 0.00694. The van der Waals surface area contributed by atoms with Crippen molar-refractivity contribution in [2.75, 3.05) is 13.2 Å². The van der Waals surface area contributed by atoms with E-state index >= 15 is 0 Å². The molecule has 1 nitrogen and oxygen atoms in total. The summed E-state index contributed by atoms with van der Waals surface area (Å²) in [6.07, 6.45) is 1.52. The standard InChI is InChI=1S/C11H13BrO/c12-11-3-1-9(2-4-11)10-5-7-13-8-6-10/h1-4,10H,5-8H2/i1D,2D,3D,4D. The molecule has 0 amide bonds. The van der Waals surface area contributed by atoms with Gasteiger partial charge >= 0.3 is 0 Å². The summed E-state index contributed by atoms with van der Waals surface area (Å²) in [5, 5.41) is 0. The van der Waals surface area contributed by atoms with Crippen molar-refractivity contribution < 1.29 is 10.2 Å². The highest BCUT2D eigenvalue weighted by Crippen LogP contribution is 2.27. The molecule has 1 aromatic rings. The highest BCUT2D eigenvalue weighted by atomic mass is 79.9. The molecule has 1 aliphatic rings. The van der Waals surface area contributed by atoms with Crippen molar-refractivity contribution in [1.29, 1.82) is 0 Å². The van der Waals surface area contributed by atoms with Gasteiger partial charge in [-0.3, -0.25) is 0 Å². The third-order valence-electron chi connectivity index (χ3n) is 2.24. The third-order valence-corrected chi connectivity index (χ3v) is 2.64. The Morgan fingerprint density at radius 3 is 2.46 bits per heavy atom. The van der Waals surface area contributed by atoms with Gasteiger partial charge in [-0.1, -0.05) is 28.0 Å². The van der Waals surface area contributed by atoms with Gasteiger partial charge < -0.3 is 4.74 Å². The first-order valence-corrected chi connectivity index (χ1v) is 5.16. The van der Waals surface area contributed by atoms with Crippen LogP contribution in [0.15, 0.2) is 28.6 Å². The van der Waals surface area contributed by atoms with Gasteiger partial charge in [0.1, 0.15) is 0 Å². The Balaban J connectivity index is 2.52. The maximum absolute atomic E-state index is 7.95. The van der Waals surface area contributed by atoms with Crippen LogP contribution < -0.4 is 0 Å². The molecule has 1 aliphatic heterocycles. The van der Waals surface area contributed by atoms with E-state index in [1.807, 2.05) is 0 Å². The zero-order valence-electron chi connectivity index (χ0n) is 11.2. The first-order chi connectivity index (χ1) is 8.04. The van der Waals surface area contributed by atoms with Gasteiger partial charge in [-0.15, -0.1) is 0 Å². The van der Waals surface area contributed by atoms with E-state index in [-0.39, 0.29) is 34.6 Å². The second-order valence-corrected chi connectivity index (χ2v) is 3.91. The number of rotatable bonds is 1. The average Bonchev–Trinajstić information content (AvgIpc) is 2.36. The Labute approximate surface area is 92.9 Å². The number of ether oxygens (including phenoxy) is 1. The first kappa shape index (κ1) is 5.52. The molecule has 0 bridgehead atoms. The number of hydrogen-bond acceptors (Lipinski definition) is 1. The monoisotopic (exact) mass is 244 g/mol. The summed E-state index contributed by atoms with van der Waals surface area (Å²) in [6.45, 7) is 1.25. The molecule has 2 rings (SSSR count). The minimum atomic E-state index is 0.00694. The van der Waals surface area contributed by atoms with Gasteiger partial charge in [0.25, 0.3) is 0 Å². The van der Waals surface area contributed by atoms with Crippen LogP contribution in [0.4, 0.5) is 0 Å². The summed E-state index contributed by atoms with van der Waals surface area (Å²) < 4.78 is 36.9. The van der Waals surface area contributed by atoms with Crippen molar-refractivity contribution in [2.45, 2.75) is 18.8 Å². The van der Waals surface area contributed by atoms with E-state index < -0.39 is 0 Å². The van der Waals surface area contributed by atoms with Crippen LogP contribution in [0.1, 0.15) is 29.8 Å². The molecule has 0 atom stereocenters. The Hall–Kier alpha value is -0.340. The SMILES string of the molecule is [2H]c1c([2H])c(C2CCOCC2)c([2H])c([2H])c1Br. The quantitative estimate of drug-likeness (QED) is 0.737. The van der Waals surface area contributed by atoms with Gasteiger partial charge in [-0.25, -0.2) is 0 Å². The molecule has 1 heterocycles. The smallest absolute Gasteiger partial charge is 0.0635 e. The van der Waals surface area contributed by atoms with Gasteiger partial charge in [-0.05, 0) is 36.4 Å². The van der Waals surface area contributed by atoms with E-state index in [2.05, 4.69) is 15.9 Å². The molecule has 0 radical (unpaired) electrons. The molecule has 1 fully saturated rings. The molecule has 0 aromatic heterocycles. The molecule has 2 heteroatoms. The van der Waals surface area contributed by atoms with Gasteiger partial charge in [0.05, 0.1) is 5.48 Å². The van der Waals surface area contributed by atoms with Gasteiger partial charge in [-0.2, -0.15) is 0 Å². The second kappa shape index (κ2) is 4.25. The van der Waals surface area contributed by atoms with Gasteiger partial charge in [0.2, 0.25) is 0 Å². The van der Waals surface area contributed by atoms with Crippen LogP contribution in [-0.2, 0) is 4.74 Å². The molecular formula is C11H13BrO. The Morgan fingerprint density at radius 1 is 1.23 bits per heavy atom. The van der Waals surface area contributed by atoms with Gasteiger partial charge in [0.15, 0.2) is 0 Å². The number of hydrogen-bond donors (Lipinski definition) is 0. The normalized spacial score (nSPS) is 23.2. The van der Waals surface area contributed by atoms with E-state index in [0.717, 1.165) is 12.8 Å². The lowest BCUT2D eigenvalue weighted by atomic mass is 9.92. The Morgan fingerprint density at radius 2 is 1.85 bits per heavy atom. The van der Waals surface area contributed by atoms with Crippen LogP contribution in [0, 0.1) is 0 Å². The molecule has 0 saturated carbocycles. The van der Waals surface area contributed by atoms with Crippen molar-refractivity contribution in [2.24, 2.45) is 0 Å². The third kappa shape index (κ3) is 2.32. The van der Waals surface area contributed by atoms with E-state index in [0.29, 0.717) is 18.8 Å². The molecular weight excluding hydrogens is 228 g/mol. The fraction of sp³-hybridized carbons (Fsp3) is 0.455. The van der Waals surface area contributed by atoms with Crippen molar-refractivity contribution >= 4 is 15.9 Å². The maximum atomic E-state index is 7.95. The largest absolute Gasteiger partial charge is 0.381 e. The average molecular weight is 245 g/mol. The van der Waals surface area contributed by atoms with Crippen LogP contribution in [0.25, 0.3) is 0 Å². The van der Waals surface area contributed by atoms with Crippen LogP contribution in [-0.4, -0.2) is 13.2 Å². The van der Waals surface area contributed by atoms with E-state index in [1.165, 1.54) is 0 Å². The van der Waals surface area contributed by atoms with E-state index in [9.17, 15) is 0 Å². The highest BCUT2D eigenvalue weighted by molar-refractivity contribution is 9.10. The summed E-state index contributed by atoms with van der Waals surface area (Å²) in [5.41, 5.74) is 0.534. The van der Waals surface area contributed by atoms with Crippen LogP contribution in [0.2, 0.25) is 0 Å². The predicted molar refractivity (Wildman–Crippen MR) is 56.9 cm³/mol. The topological polar surface area (TPSA) is 9.23 Å². The fourth-order valence-corrected chi connectivity index (χ4v) is 1.70. The Kier molecular flexibility index (Phi) is 1.80.